The minimum Gasteiger partial charge on any atom is -0.313 e. The van der Waals surface area contributed by atoms with Gasteiger partial charge in [0.05, 0.1) is 4.90 Å². The third kappa shape index (κ3) is 4.05. The molecule has 0 saturated carbocycles. The number of piperidine rings is 1. The molecular formula is C16H26N2O2S. The van der Waals surface area contributed by atoms with E-state index in [-0.39, 0.29) is 0 Å². The number of nitrogens with zero attached hydrogens (tertiary/aromatic N) is 1. The van der Waals surface area contributed by atoms with Crippen LogP contribution in [-0.2, 0) is 16.6 Å². The van der Waals surface area contributed by atoms with Gasteiger partial charge in [-0.15, -0.1) is 0 Å². The molecule has 2 atom stereocenters. The van der Waals surface area contributed by atoms with E-state index in [0.29, 0.717) is 36.4 Å². The summed E-state index contributed by atoms with van der Waals surface area (Å²) in [4.78, 5) is 0.416. The summed E-state index contributed by atoms with van der Waals surface area (Å²) in [6, 6.07) is 7.29. The first kappa shape index (κ1) is 16.5. The van der Waals surface area contributed by atoms with E-state index in [1.54, 1.807) is 16.4 Å². The van der Waals surface area contributed by atoms with Gasteiger partial charge in [0.2, 0.25) is 10.0 Å². The lowest BCUT2D eigenvalue weighted by molar-refractivity contribution is 0.222. The molecule has 0 radical (unpaired) electrons. The number of nitrogens with one attached hydrogen (secondary N) is 1. The molecule has 0 aromatic heterocycles. The molecule has 1 aliphatic heterocycles. The highest BCUT2D eigenvalue weighted by atomic mass is 32.2. The lowest BCUT2D eigenvalue weighted by Gasteiger charge is -2.34. The molecule has 1 saturated heterocycles. The Kier molecular flexibility index (Phi) is 5.41. The highest BCUT2D eigenvalue weighted by molar-refractivity contribution is 7.89. The van der Waals surface area contributed by atoms with E-state index in [1.807, 2.05) is 19.1 Å². The van der Waals surface area contributed by atoms with Crippen LogP contribution in [0.1, 0.15) is 32.8 Å². The van der Waals surface area contributed by atoms with Crippen molar-refractivity contribution in [3.8, 4) is 0 Å². The van der Waals surface area contributed by atoms with Crippen LogP contribution in [0.5, 0.6) is 0 Å². The lowest BCUT2D eigenvalue weighted by Crippen LogP contribution is -2.42. The molecule has 4 nitrogen and oxygen atoms in total. The maximum atomic E-state index is 12.8. The van der Waals surface area contributed by atoms with Crippen LogP contribution in [0.3, 0.4) is 0 Å². The standard InChI is InChI=1S/C16H26N2O2S/c1-4-17-10-15-6-5-7-16(9-15)21(19,20)18-11-13(2)8-14(3)12-18/h5-7,9,13-14,17H,4,8,10-12H2,1-3H3. The summed E-state index contributed by atoms with van der Waals surface area (Å²) in [5.41, 5.74) is 1.01. The molecule has 1 N–H and O–H groups in total. The van der Waals surface area contributed by atoms with E-state index in [1.165, 1.54) is 0 Å². The van der Waals surface area contributed by atoms with E-state index in [9.17, 15) is 8.42 Å². The summed E-state index contributed by atoms with van der Waals surface area (Å²) in [6.07, 6.45) is 1.10. The third-order valence-electron chi connectivity index (χ3n) is 3.95. The number of benzene rings is 1. The summed E-state index contributed by atoms with van der Waals surface area (Å²) >= 11 is 0. The van der Waals surface area contributed by atoms with Gasteiger partial charge in [-0.2, -0.15) is 4.31 Å². The molecule has 0 bridgehead atoms. The predicted molar refractivity (Wildman–Crippen MR) is 85.5 cm³/mol. The fourth-order valence-corrected chi connectivity index (χ4v) is 4.79. The molecule has 21 heavy (non-hydrogen) atoms. The molecule has 5 heteroatoms. The zero-order valence-corrected chi connectivity index (χ0v) is 14.0. The van der Waals surface area contributed by atoms with Crippen LogP contribution in [0.4, 0.5) is 0 Å². The van der Waals surface area contributed by atoms with Gasteiger partial charge in [-0.1, -0.05) is 32.9 Å². The minimum atomic E-state index is -3.37. The van der Waals surface area contributed by atoms with Crippen molar-refractivity contribution in [2.24, 2.45) is 11.8 Å². The first-order valence-electron chi connectivity index (χ1n) is 7.73. The van der Waals surface area contributed by atoms with E-state index in [4.69, 9.17) is 0 Å². The summed E-state index contributed by atoms with van der Waals surface area (Å²) in [5.74, 6) is 0.849. The van der Waals surface area contributed by atoms with Crippen LogP contribution in [0, 0.1) is 11.8 Å². The van der Waals surface area contributed by atoms with E-state index < -0.39 is 10.0 Å². The highest BCUT2D eigenvalue weighted by Crippen LogP contribution is 2.26. The van der Waals surface area contributed by atoms with Crippen molar-refractivity contribution < 1.29 is 8.42 Å². The zero-order chi connectivity index (χ0) is 15.5. The van der Waals surface area contributed by atoms with Gasteiger partial charge in [0.15, 0.2) is 0 Å². The first-order valence-corrected chi connectivity index (χ1v) is 9.17. The van der Waals surface area contributed by atoms with Crippen LogP contribution in [0.2, 0.25) is 0 Å². The Morgan fingerprint density at radius 3 is 2.52 bits per heavy atom. The van der Waals surface area contributed by atoms with Crippen molar-refractivity contribution in [1.82, 2.24) is 9.62 Å². The van der Waals surface area contributed by atoms with Crippen molar-refractivity contribution >= 4 is 10.0 Å². The molecule has 1 heterocycles. The van der Waals surface area contributed by atoms with Crippen molar-refractivity contribution in [1.29, 1.82) is 0 Å². The number of hydrogen-bond acceptors (Lipinski definition) is 3. The Morgan fingerprint density at radius 2 is 1.90 bits per heavy atom. The molecule has 1 fully saturated rings. The van der Waals surface area contributed by atoms with Gasteiger partial charge in [0.1, 0.15) is 0 Å². The van der Waals surface area contributed by atoms with Gasteiger partial charge in [-0.05, 0) is 42.5 Å². The monoisotopic (exact) mass is 310 g/mol. The molecule has 118 valence electrons. The van der Waals surface area contributed by atoms with Crippen LogP contribution in [-0.4, -0.2) is 32.4 Å². The smallest absolute Gasteiger partial charge is 0.243 e. The fourth-order valence-electron chi connectivity index (χ4n) is 3.04. The molecule has 1 aromatic rings. The van der Waals surface area contributed by atoms with Gasteiger partial charge in [0.25, 0.3) is 0 Å². The number of hydrogen-bond donors (Lipinski definition) is 1. The third-order valence-corrected chi connectivity index (χ3v) is 5.78. The van der Waals surface area contributed by atoms with Crippen LogP contribution in [0.15, 0.2) is 29.2 Å². The first-order chi connectivity index (χ1) is 9.93. The SMILES string of the molecule is CCNCc1cccc(S(=O)(=O)N2CC(C)CC(C)C2)c1. The van der Waals surface area contributed by atoms with E-state index >= 15 is 0 Å². The molecule has 2 rings (SSSR count). The summed E-state index contributed by atoms with van der Waals surface area (Å²) in [5, 5.41) is 3.23. The second-order valence-corrected chi connectivity index (χ2v) is 8.13. The second kappa shape index (κ2) is 6.90. The Labute approximate surface area is 128 Å². The van der Waals surface area contributed by atoms with Crippen LogP contribution >= 0.6 is 0 Å². The Balaban J connectivity index is 2.22. The topological polar surface area (TPSA) is 49.4 Å². The van der Waals surface area contributed by atoms with Gasteiger partial charge >= 0.3 is 0 Å². The molecule has 0 amide bonds. The minimum absolute atomic E-state index is 0.416. The largest absolute Gasteiger partial charge is 0.313 e. The second-order valence-electron chi connectivity index (χ2n) is 6.20. The van der Waals surface area contributed by atoms with Gasteiger partial charge in [0, 0.05) is 19.6 Å². The summed E-state index contributed by atoms with van der Waals surface area (Å²) in [6.45, 7) is 9.12. The van der Waals surface area contributed by atoms with Gasteiger partial charge < -0.3 is 5.32 Å². The van der Waals surface area contributed by atoms with Crippen molar-refractivity contribution in [2.75, 3.05) is 19.6 Å². The normalized spacial score (nSPS) is 24.1. The van der Waals surface area contributed by atoms with E-state index in [0.717, 1.165) is 18.5 Å². The molecular weight excluding hydrogens is 284 g/mol. The Hall–Kier alpha value is -0.910. The maximum absolute atomic E-state index is 12.8. The summed E-state index contributed by atoms with van der Waals surface area (Å²) < 4.78 is 27.3. The van der Waals surface area contributed by atoms with Crippen LogP contribution < -0.4 is 5.32 Å². The molecule has 2 unspecified atom stereocenters. The number of rotatable bonds is 5. The Morgan fingerprint density at radius 1 is 1.24 bits per heavy atom. The molecule has 0 aliphatic carbocycles. The molecule has 0 spiro atoms. The highest BCUT2D eigenvalue weighted by Gasteiger charge is 2.31. The van der Waals surface area contributed by atoms with Crippen molar-refractivity contribution in [3.05, 3.63) is 29.8 Å². The van der Waals surface area contributed by atoms with Gasteiger partial charge in [-0.25, -0.2) is 8.42 Å². The lowest BCUT2D eigenvalue weighted by atomic mass is 9.94. The van der Waals surface area contributed by atoms with Crippen molar-refractivity contribution in [3.63, 3.8) is 0 Å². The van der Waals surface area contributed by atoms with Gasteiger partial charge in [-0.3, -0.25) is 0 Å². The average molecular weight is 310 g/mol. The van der Waals surface area contributed by atoms with Crippen LogP contribution in [0.25, 0.3) is 0 Å². The Bertz CT molecular complexity index is 561. The number of sulfonamides is 1. The average Bonchev–Trinajstić information content (AvgIpc) is 2.44. The maximum Gasteiger partial charge on any atom is 0.243 e. The zero-order valence-electron chi connectivity index (χ0n) is 13.2. The molecule has 1 aromatic carbocycles. The molecule has 1 aliphatic rings. The van der Waals surface area contributed by atoms with E-state index in [2.05, 4.69) is 19.2 Å². The fraction of sp³-hybridized carbons (Fsp3) is 0.625. The predicted octanol–water partition coefficient (Wildman–Crippen LogP) is 2.46. The summed E-state index contributed by atoms with van der Waals surface area (Å²) in [7, 11) is -3.37. The van der Waals surface area contributed by atoms with Crippen molar-refractivity contribution in [2.45, 2.75) is 38.6 Å². The quantitative estimate of drug-likeness (QED) is 0.909.